The van der Waals surface area contributed by atoms with Gasteiger partial charge >= 0.3 is 0 Å². The smallest absolute Gasteiger partial charge is 0.202 e. The number of hydrogen-bond acceptors (Lipinski definition) is 10. The number of likely N-dealkylation sites (N-methyl/N-ethyl adjacent to an activating group) is 1. The van der Waals surface area contributed by atoms with E-state index in [1.165, 1.54) is 11.0 Å². The molecule has 36 heavy (non-hydrogen) atoms. The SMILES string of the molecule is CCO[C@@H]1[C@H]2[C@H](N(C)C)C(=O)C(C(C)=O)=C(O)[C@@]2(O)C(=O)C2=C(O)c3c(O)ccc(N(C)C)c3C[C@H]21. The molecule has 0 aromatic heterocycles. The Morgan fingerprint density at radius 2 is 1.78 bits per heavy atom. The standard InChI is InChI=1S/C26H32N2O8/c1-7-36-23-13-10-12-14(27(3)4)8-9-15(30)17(12)21(31)18(13)25(34)26(35)19(23)20(28(5)6)22(32)16(11(2)29)24(26)33/h8-9,13,19-20,23,30-31,33,35H,7,10H2,1-6H3/t13-,19-,20+,23+,26-/m1/s1. The summed E-state index contributed by atoms with van der Waals surface area (Å²) < 4.78 is 6.07. The molecule has 1 fully saturated rings. The molecular formula is C26H32N2O8. The van der Waals surface area contributed by atoms with E-state index in [0.29, 0.717) is 11.3 Å². The summed E-state index contributed by atoms with van der Waals surface area (Å²) in [6.07, 6.45) is -0.828. The van der Waals surface area contributed by atoms with Crippen LogP contribution in [0.25, 0.3) is 5.76 Å². The van der Waals surface area contributed by atoms with Crippen LogP contribution in [0.3, 0.4) is 0 Å². The van der Waals surface area contributed by atoms with Gasteiger partial charge in [-0.25, -0.2) is 0 Å². The van der Waals surface area contributed by atoms with Gasteiger partial charge in [-0.15, -0.1) is 0 Å². The molecule has 0 heterocycles. The lowest BCUT2D eigenvalue weighted by Crippen LogP contribution is -2.70. The molecule has 0 spiro atoms. The van der Waals surface area contributed by atoms with Gasteiger partial charge in [0.05, 0.1) is 23.6 Å². The van der Waals surface area contributed by atoms with E-state index in [-0.39, 0.29) is 29.9 Å². The van der Waals surface area contributed by atoms with Crippen LogP contribution in [0.5, 0.6) is 5.75 Å². The van der Waals surface area contributed by atoms with E-state index in [0.717, 1.165) is 6.92 Å². The Labute approximate surface area is 209 Å². The molecule has 0 radical (unpaired) electrons. The van der Waals surface area contributed by atoms with E-state index in [2.05, 4.69) is 0 Å². The monoisotopic (exact) mass is 500 g/mol. The summed E-state index contributed by atoms with van der Waals surface area (Å²) in [5.41, 5.74) is -2.21. The van der Waals surface area contributed by atoms with Gasteiger partial charge in [0.2, 0.25) is 5.78 Å². The second-order valence-corrected chi connectivity index (χ2v) is 10.0. The number of aliphatic hydroxyl groups is 3. The molecule has 5 atom stereocenters. The lowest BCUT2D eigenvalue weighted by molar-refractivity contribution is -0.174. The first-order valence-electron chi connectivity index (χ1n) is 11.8. The van der Waals surface area contributed by atoms with Gasteiger partial charge in [-0.2, -0.15) is 0 Å². The number of carbonyl (C=O) groups is 3. The summed E-state index contributed by atoms with van der Waals surface area (Å²) in [7, 11) is 6.78. The fourth-order valence-corrected chi connectivity index (χ4v) is 6.15. The van der Waals surface area contributed by atoms with E-state index >= 15 is 0 Å². The minimum atomic E-state index is -2.70. The molecule has 1 aromatic rings. The number of anilines is 1. The van der Waals surface area contributed by atoms with Crippen molar-refractivity contribution in [1.29, 1.82) is 0 Å². The number of ketones is 3. The van der Waals surface area contributed by atoms with E-state index in [4.69, 9.17) is 4.74 Å². The predicted octanol–water partition coefficient (Wildman–Crippen LogP) is 1.15. The van der Waals surface area contributed by atoms with Crippen molar-refractivity contribution in [3.63, 3.8) is 0 Å². The Morgan fingerprint density at radius 1 is 1.14 bits per heavy atom. The van der Waals surface area contributed by atoms with Crippen molar-refractivity contribution in [1.82, 2.24) is 4.90 Å². The number of aliphatic hydroxyl groups excluding tert-OH is 2. The third kappa shape index (κ3) is 3.31. The zero-order valence-corrected chi connectivity index (χ0v) is 21.2. The number of fused-ring (bicyclic) bond motifs is 3. The van der Waals surface area contributed by atoms with Gasteiger partial charge in [0, 0.05) is 37.9 Å². The number of carbonyl (C=O) groups excluding carboxylic acids is 3. The van der Waals surface area contributed by atoms with Gasteiger partial charge in [0.1, 0.15) is 22.8 Å². The van der Waals surface area contributed by atoms with Gasteiger partial charge in [-0.05, 0) is 52.1 Å². The highest BCUT2D eigenvalue weighted by Crippen LogP contribution is 2.54. The summed E-state index contributed by atoms with van der Waals surface area (Å²) >= 11 is 0. The average Bonchev–Trinajstić information content (AvgIpc) is 2.78. The molecule has 4 rings (SSSR count). The van der Waals surface area contributed by atoms with Gasteiger partial charge in [0.25, 0.3) is 0 Å². The van der Waals surface area contributed by atoms with E-state index < -0.39 is 64.0 Å². The lowest BCUT2D eigenvalue weighted by atomic mass is 9.56. The number of hydrogen-bond donors (Lipinski definition) is 4. The molecule has 3 aliphatic carbocycles. The molecule has 0 aliphatic heterocycles. The first kappa shape index (κ1) is 25.9. The first-order valence-corrected chi connectivity index (χ1v) is 11.8. The molecule has 0 amide bonds. The van der Waals surface area contributed by atoms with E-state index in [9.17, 15) is 34.8 Å². The Hall–Kier alpha value is -3.21. The van der Waals surface area contributed by atoms with E-state index in [1.54, 1.807) is 27.1 Å². The van der Waals surface area contributed by atoms with Crippen LogP contribution in [0.15, 0.2) is 29.0 Å². The molecule has 1 saturated carbocycles. The highest BCUT2D eigenvalue weighted by Gasteiger charge is 2.68. The van der Waals surface area contributed by atoms with Crippen LogP contribution >= 0.6 is 0 Å². The van der Waals surface area contributed by atoms with Gasteiger partial charge < -0.3 is 30.1 Å². The number of ether oxygens (including phenoxy) is 1. The van der Waals surface area contributed by atoms with Crippen LogP contribution in [0.2, 0.25) is 0 Å². The normalized spacial score (nSPS) is 29.8. The Morgan fingerprint density at radius 3 is 2.31 bits per heavy atom. The number of rotatable bonds is 5. The fourth-order valence-electron chi connectivity index (χ4n) is 6.15. The molecule has 0 bridgehead atoms. The Balaban J connectivity index is 2.08. The van der Waals surface area contributed by atoms with Gasteiger partial charge in [-0.1, -0.05) is 0 Å². The number of phenols is 1. The molecule has 4 N–H and O–H groups in total. The van der Waals surface area contributed by atoms with Gasteiger partial charge in [-0.3, -0.25) is 19.3 Å². The van der Waals surface area contributed by atoms with Crippen molar-refractivity contribution in [3.05, 3.63) is 40.2 Å². The van der Waals surface area contributed by atoms with Crippen molar-refractivity contribution < 1.29 is 39.5 Å². The second-order valence-electron chi connectivity index (χ2n) is 10.0. The fraction of sp³-hybridized carbons (Fsp3) is 0.500. The molecule has 0 saturated heterocycles. The van der Waals surface area contributed by atoms with Crippen LogP contribution in [-0.4, -0.2) is 95.2 Å². The molecule has 1 aromatic carbocycles. The summed E-state index contributed by atoms with van der Waals surface area (Å²) in [4.78, 5) is 43.1. The predicted molar refractivity (Wildman–Crippen MR) is 131 cm³/mol. The zero-order valence-electron chi connectivity index (χ0n) is 21.2. The van der Waals surface area contributed by atoms with Crippen molar-refractivity contribution >= 4 is 28.8 Å². The Bertz CT molecular complexity index is 1230. The van der Waals surface area contributed by atoms with Crippen molar-refractivity contribution in [2.75, 3.05) is 39.7 Å². The molecule has 3 aliphatic rings. The highest BCUT2D eigenvalue weighted by atomic mass is 16.5. The largest absolute Gasteiger partial charge is 0.508 e. The molecule has 0 unspecified atom stereocenters. The maximum Gasteiger partial charge on any atom is 0.202 e. The minimum Gasteiger partial charge on any atom is -0.508 e. The van der Waals surface area contributed by atoms with Gasteiger partial charge in [0.15, 0.2) is 17.2 Å². The number of aromatic hydroxyl groups is 1. The highest BCUT2D eigenvalue weighted by molar-refractivity contribution is 6.25. The number of nitrogens with zero attached hydrogens (tertiary/aromatic N) is 2. The number of benzene rings is 1. The van der Waals surface area contributed by atoms with Crippen LogP contribution in [0.4, 0.5) is 5.69 Å². The summed E-state index contributed by atoms with van der Waals surface area (Å²) in [5, 5.41) is 45.0. The molecule has 10 heteroatoms. The molecular weight excluding hydrogens is 468 g/mol. The average molecular weight is 501 g/mol. The first-order chi connectivity index (χ1) is 16.8. The van der Waals surface area contributed by atoms with E-state index in [1.807, 2.05) is 19.0 Å². The maximum atomic E-state index is 14.0. The quantitative estimate of drug-likeness (QED) is 0.434. The van der Waals surface area contributed by atoms with Crippen LogP contribution in [-0.2, 0) is 25.5 Å². The van der Waals surface area contributed by atoms with Crippen molar-refractivity contribution in [2.45, 2.75) is 38.0 Å². The Kier molecular flexibility index (Phi) is 6.27. The summed E-state index contributed by atoms with van der Waals surface area (Å²) in [6, 6.07) is 1.94. The third-order valence-electron chi connectivity index (χ3n) is 7.58. The van der Waals surface area contributed by atoms with Crippen molar-refractivity contribution in [2.24, 2.45) is 11.8 Å². The minimum absolute atomic E-state index is 0.0596. The second kappa shape index (κ2) is 8.72. The summed E-state index contributed by atoms with van der Waals surface area (Å²) in [6.45, 7) is 2.95. The van der Waals surface area contributed by atoms with Crippen LogP contribution < -0.4 is 4.90 Å². The summed E-state index contributed by atoms with van der Waals surface area (Å²) in [5.74, 6) is -6.40. The van der Waals surface area contributed by atoms with Crippen LogP contribution in [0.1, 0.15) is 25.0 Å². The number of Topliss-reactive ketones (excluding diaryl/α,β-unsaturated/α-hetero) is 3. The van der Waals surface area contributed by atoms with Crippen LogP contribution in [0, 0.1) is 11.8 Å². The number of phenolic OH excluding ortho intramolecular Hbond substituents is 1. The lowest BCUT2D eigenvalue weighted by Gasteiger charge is -2.54. The molecule has 10 nitrogen and oxygen atoms in total. The third-order valence-corrected chi connectivity index (χ3v) is 7.58. The maximum absolute atomic E-state index is 14.0. The molecule has 194 valence electrons. The van der Waals surface area contributed by atoms with Crippen molar-refractivity contribution in [3.8, 4) is 5.75 Å². The zero-order chi connectivity index (χ0) is 26.9. The topological polar surface area (TPSA) is 148 Å².